The second-order valence-corrected chi connectivity index (χ2v) is 11.2. The largest absolute Gasteiger partial charge is 0.491 e. The van der Waals surface area contributed by atoms with Gasteiger partial charge >= 0.3 is 5.91 Å². The Kier molecular flexibility index (Phi) is 6.96. The van der Waals surface area contributed by atoms with Crippen molar-refractivity contribution in [2.75, 3.05) is 0 Å². The highest BCUT2D eigenvalue weighted by Gasteiger charge is 2.77. The van der Waals surface area contributed by atoms with E-state index in [4.69, 9.17) is 20.0 Å². The van der Waals surface area contributed by atoms with Crippen molar-refractivity contribution in [1.29, 1.82) is 0 Å². The Hall–Kier alpha value is -5.76. The molecule has 0 unspecified atom stereocenters. The van der Waals surface area contributed by atoms with Crippen LogP contribution in [0.2, 0.25) is 0 Å². The van der Waals surface area contributed by atoms with Gasteiger partial charge in [-0.2, -0.15) is 0 Å². The van der Waals surface area contributed by atoms with Crippen LogP contribution in [0.1, 0.15) is 99.9 Å². The van der Waals surface area contributed by atoms with E-state index in [0.29, 0.717) is 0 Å². The van der Waals surface area contributed by atoms with Gasteiger partial charge in [0.2, 0.25) is 0 Å². The zero-order chi connectivity index (χ0) is 34.2. The van der Waals surface area contributed by atoms with Crippen molar-refractivity contribution in [3.63, 3.8) is 0 Å². The van der Waals surface area contributed by atoms with Crippen LogP contribution in [0.25, 0.3) is 0 Å². The molecular formula is C41H40N8+4. The van der Waals surface area contributed by atoms with Gasteiger partial charge in [0.05, 0.1) is 44.5 Å². The number of hydrogen-bond donors (Lipinski definition) is 0. The molecule has 1 spiro atoms. The average Bonchev–Trinajstić information content (AvgIpc) is 3.91. The van der Waals surface area contributed by atoms with Gasteiger partial charge in [-0.15, -0.1) is 18.3 Å². The minimum absolute atomic E-state index is 0.898. The van der Waals surface area contributed by atoms with Crippen LogP contribution < -0.4 is 0 Å². The molecule has 8 nitrogen and oxygen atoms in total. The Bertz CT molecular complexity index is 2070. The standard InChI is InChI=1S/C33H16N8.4C2H6/c1-2-10-18-17(9-1)25-34-27-19-11-3-4-12-20(19)29-36-31-23-15-7-8-16-24(23)32-37-30-22-14-6-5-13-21(22)28-35-26(18)38(25)33(39(27)29,40(28)30)41(31)32;4*1-2/h1-16H;4*1-2H3/q+4;;;;. The summed E-state index contributed by atoms with van der Waals surface area (Å²) >= 11 is 0. The van der Waals surface area contributed by atoms with Gasteiger partial charge < -0.3 is 0 Å². The van der Waals surface area contributed by atoms with Crippen LogP contribution in [-0.4, -0.2) is 70.9 Å². The molecule has 0 aromatic heterocycles. The van der Waals surface area contributed by atoms with Gasteiger partial charge in [-0.3, -0.25) is 0 Å². The van der Waals surface area contributed by atoms with Gasteiger partial charge in [-0.1, -0.05) is 124 Å². The second-order valence-electron chi connectivity index (χ2n) is 11.2. The topological polar surface area (TPSA) is 61.5 Å². The summed E-state index contributed by atoms with van der Waals surface area (Å²) in [5.41, 5.74) is 8.67. The van der Waals surface area contributed by atoms with E-state index in [-0.39, 0.29) is 0 Å². The molecule has 8 aliphatic rings. The normalized spacial score (nSPS) is 18.1. The lowest BCUT2D eigenvalue weighted by molar-refractivity contribution is -1.06. The van der Waals surface area contributed by atoms with Crippen LogP contribution in [0.5, 0.6) is 0 Å². The Balaban J connectivity index is 0.000000410. The first-order valence-corrected chi connectivity index (χ1v) is 17.8. The van der Waals surface area contributed by atoms with E-state index < -0.39 is 5.91 Å². The van der Waals surface area contributed by atoms with Crippen molar-refractivity contribution in [3.8, 4) is 0 Å². The monoisotopic (exact) mass is 644 g/mol. The fourth-order valence-electron chi connectivity index (χ4n) is 7.88. The fourth-order valence-corrected chi connectivity index (χ4v) is 7.88. The van der Waals surface area contributed by atoms with Crippen LogP contribution in [0.4, 0.5) is 0 Å². The van der Waals surface area contributed by atoms with Gasteiger partial charge in [0.1, 0.15) is 0 Å². The molecule has 0 atom stereocenters. The number of hydrogen-bond acceptors (Lipinski definition) is 4. The third-order valence-electron chi connectivity index (χ3n) is 9.38. The first-order valence-electron chi connectivity index (χ1n) is 17.8. The molecule has 12 rings (SSSR count). The zero-order valence-corrected chi connectivity index (χ0v) is 29.3. The summed E-state index contributed by atoms with van der Waals surface area (Å²) in [6, 6.07) is 34.0. The first-order chi connectivity index (χ1) is 24.4. The number of amidine groups is 8. The van der Waals surface area contributed by atoms with Crippen LogP contribution in [-0.2, 0) is 0 Å². The molecule has 0 N–H and O–H groups in total. The average molecular weight is 645 g/mol. The lowest BCUT2D eigenvalue weighted by Crippen LogP contribution is -2.76. The fraction of sp³-hybridized carbons (Fsp3) is 0.220. The molecular weight excluding hydrogens is 605 g/mol. The number of nitrogens with zero attached hydrogens (tertiary/aromatic N) is 8. The van der Waals surface area contributed by atoms with Gasteiger partial charge in [0.15, 0.2) is 0 Å². The minimum Gasteiger partial charge on any atom is -0.120 e. The summed E-state index contributed by atoms with van der Waals surface area (Å²) < 4.78 is 9.32. The highest BCUT2D eigenvalue weighted by Crippen LogP contribution is 2.46. The van der Waals surface area contributed by atoms with Gasteiger partial charge in [0, 0.05) is 0 Å². The highest BCUT2D eigenvalue weighted by molar-refractivity contribution is 6.30. The van der Waals surface area contributed by atoms with Crippen molar-refractivity contribution in [2.45, 2.75) is 61.3 Å². The maximum atomic E-state index is 5.42. The maximum Gasteiger partial charge on any atom is 0.491 e. The van der Waals surface area contributed by atoms with E-state index in [0.717, 1.165) is 91.2 Å². The Morgan fingerprint density at radius 2 is 0.490 bits per heavy atom. The number of fused-ring (bicyclic) bond motifs is 12. The summed E-state index contributed by atoms with van der Waals surface area (Å²) in [5.74, 6) is 6.26. The van der Waals surface area contributed by atoms with Crippen LogP contribution >= 0.6 is 0 Å². The summed E-state index contributed by atoms with van der Waals surface area (Å²) in [6.45, 7) is 16.0. The minimum atomic E-state index is -0.923. The number of rotatable bonds is 0. The molecule has 8 heterocycles. The van der Waals surface area contributed by atoms with Gasteiger partial charge in [-0.25, -0.2) is 0 Å². The van der Waals surface area contributed by atoms with Crippen molar-refractivity contribution >= 4 is 46.7 Å². The predicted octanol–water partition coefficient (Wildman–Crippen LogP) is 6.63. The second kappa shape index (κ2) is 11.2. The number of aliphatic imine (C=N–C) groups is 4. The van der Waals surface area contributed by atoms with Crippen LogP contribution in [0.15, 0.2) is 117 Å². The first kappa shape index (κ1) is 30.6. The molecule has 8 aliphatic heterocycles. The van der Waals surface area contributed by atoms with Crippen LogP contribution in [0, 0.1) is 0 Å². The van der Waals surface area contributed by atoms with E-state index in [9.17, 15) is 0 Å². The Morgan fingerprint density at radius 3 is 0.694 bits per heavy atom. The molecule has 4 aromatic carbocycles. The molecule has 0 saturated carbocycles. The smallest absolute Gasteiger partial charge is 0.120 e. The summed E-state index contributed by atoms with van der Waals surface area (Å²) in [5, 5.41) is 0. The summed E-state index contributed by atoms with van der Waals surface area (Å²) in [7, 11) is 0. The molecule has 0 radical (unpaired) electrons. The maximum absolute atomic E-state index is 5.42. The van der Waals surface area contributed by atoms with Crippen molar-refractivity contribution in [1.82, 2.24) is 0 Å². The molecule has 8 heteroatoms. The molecule has 0 aliphatic carbocycles. The zero-order valence-electron chi connectivity index (χ0n) is 29.3. The van der Waals surface area contributed by atoms with E-state index in [1.54, 1.807) is 0 Å². The summed E-state index contributed by atoms with van der Waals surface area (Å²) in [4.78, 5) is 21.7. The molecule has 0 bridgehead atoms. The lowest BCUT2D eigenvalue weighted by Gasteiger charge is -2.38. The van der Waals surface area contributed by atoms with Gasteiger partial charge in [0.25, 0.3) is 46.7 Å². The van der Waals surface area contributed by atoms with Crippen molar-refractivity contribution in [3.05, 3.63) is 142 Å². The van der Waals surface area contributed by atoms with E-state index in [2.05, 4.69) is 115 Å². The van der Waals surface area contributed by atoms with Crippen molar-refractivity contribution < 1.29 is 18.3 Å². The van der Waals surface area contributed by atoms with E-state index in [1.807, 2.05) is 55.4 Å². The van der Waals surface area contributed by atoms with E-state index >= 15 is 0 Å². The molecule has 0 fully saturated rings. The molecule has 49 heavy (non-hydrogen) atoms. The molecule has 240 valence electrons. The third-order valence-corrected chi connectivity index (χ3v) is 9.38. The third kappa shape index (κ3) is 3.38. The summed E-state index contributed by atoms with van der Waals surface area (Å²) in [6.07, 6.45) is 0. The SMILES string of the molecule is CC.CC.CC.CC.c1ccc2c(c1)C1=NC3=[N+]4C(=NC5=[N+]6C(=NC7=[N+]8C(=NC2=[N+]1C846)c1ccccc17)c1ccccc15)c1ccccc13. The van der Waals surface area contributed by atoms with E-state index in [1.165, 1.54) is 0 Å². The van der Waals surface area contributed by atoms with Gasteiger partial charge in [-0.05, 0) is 48.5 Å². The predicted molar refractivity (Wildman–Crippen MR) is 198 cm³/mol. The van der Waals surface area contributed by atoms with Crippen molar-refractivity contribution in [2.24, 2.45) is 20.0 Å². The Labute approximate surface area is 287 Å². The van der Waals surface area contributed by atoms with Crippen LogP contribution in [0.3, 0.4) is 0 Å². The number of benzene rings is 4. The molecule has 4 aromatic rings. The Morgan fingerprint density at radius 1 is 0.306 bits per heavy atom. The highest BCUT2D eigenvalue weighted by atomic mass is 15.7. The lowest BCUT2D eigenvalue weighted by atomic mass is 10.1. The molecule has 0 amide bonds. The quantitative estimate of drug-likeness (QED) is 0.193. The molecule has 0 saturated heterocycles.